The van der Waals surface area contributed by atoms with Gasteiger partial charge in [-0.2, -0.15) is 0 Å². The Morgan fingerprint density at radius 1 is 1.37 bits per heavy atom. The van der Waals surface area contributed by atoms with E-state index in [1.165, 1.54) is 12.8 Å². The first kappa shape index (κ1) is 14.4. The van der Waals surface area contributed by atoms with E-state index >= 15 is 0 Å². The normalized spacial score (nSPS) is 20.4. The lowest BCUT2D eigenvalue weighted by Crippen LogP contribution is -2.42. The highest BCUT2D eigenvalue weighted by Crippen LogP contribution is 2.31. The first-order valence-corrected chi connectivity index (χ1v) is 7.27. The minimum atomic E-state index is 0.0140. The van der Waals surface area contributed by atoms with Gasteiger partial charge < -0.3 is 10.5 Å². The number of hydrogen-bond acceptors (Lipinski definition) is 3. The third kappa shape index (κ3) is 3.28. The molecule has 0 spiro atoms. The summed E-state index contributed by atoms with van der Waals surface area (Å²) in [4.78, 5) is 2.50. The van der Waals surface area contributed by atoms with Crippen LogP contribution in [0, 0.1) is 0 Å². The third-order valence-corrected chi connectivity index (χ3v) is 4.11. The third-order valence-electron chi connectivity index (χ3n) is 4.11. The fourth-order valence-corrected chi connectivity index (χ4v) is 2.91. The van der Waals surface area contributed by atoms with Crippen LogP contribution >= 0.6 is 0 Å². The van der Waals surface area contributed by atoms with Crippen LogP contribution in [0.3, 0.4) is 0 Å². The largest absolute Gasteiger partial charge is 0.494 e. The minimum Gasteiger partial charge on any atom is -0.494 e. The number of ether oxygens (including phenoxy) is 1. The highest BCUT2D eigenvalue weighted by atomic mass is 16.5. The molecule has 1 fully saturated rings. The molecule has 2 N–H and O–H groups in total. The first-order valence-electron chi connectivity index (χ1n) is 7.27. The second-order valence-electron chi connectivity index (χ2n) is 5.94. The van der Waals surface area contributed by atoms with Gasteiger partial charge in [0.05, 0.1) is 6.61 Å². The molecule has 3 nitrogen and oxygen atoms in total. The predicted molar refractivity (Wildman–Crippen MR) is 79.4 cm³/mol. The summed E-state index contributed by atoms with van der Waals surface area (Å²) in [5.41, 5.74) is 7.80. The molecule has 0 saturated carbocycles. The summed E-state index contributed by atoms with van der Waals surface area (Å²) in [5.74, 6) is 0.925. The highest BCUT2D eigenvalue weighted by molar-refractivity contribution is 5.36. The molecule has 19 heavy (non-hydrogen) atoms. The van der Waals surface area contributed by atoms with E-state index in [0.29, 0.717) is 6.61 Å². The fraction of sp³-hybridized carbons (Fsp3) is 0.625. The average Bonchev–Trinajstić information content (AvgIpc) is 2.70. The van der Waals surface area contributed by atoms with E-state index in [1.807, 2.05) is 25.1 Å². The van der Waals surface area contributed by atoms with Gasteiger partial charge in [-0.05, 0) is 46.2 Å². The molecule has 0 aromatic heterocycles. The lowest BCUT2D eigenvalue weighted by atomic mass is 10.00. The summed E-state index contributed by atoms with van der Waals surface area (Å²) in [5, 5.41) is 0. The SMILES string of the molecule is CCOc1ccccc1C(N)CN1CCCC1(C)C. The average molecular weight is 262 g/mol. The molecule has 1 aliphatic rings. The molecular formula is C16H26N2O. The van der Waals surface area contributed by atoms with E-state index in [1.54, 1.807) is 0 Å². The molecule has 1 aliphatic heterocycles. The molecule has 1 atom stereocenters. The molecule has 106 valence electrons. The van der Waals surface area contributed by atoms with Crippen molar-refractivity contribution >= 4 is 0 Å². The summed E-state index contributed by atoms with van der Waals surface area (Å²) in [6.45, 7) is 9.35. The van der Waals surface area contributed by atoms with Crippen molar-refractivity contribution < 1.29 is 4.74 Å². The fourth-order valence-electron chi connectivity index (χ4n) is 2.91. The second kappa shape index (κ2) is 5.93. The molecule has 0 bridgehead atoms. The minimum absolute atomic E-state index is 0.0140. The molecular weight excluding hydrogens is 236 g/mol. The van der Waals surface area contributed by atoms with Crippen LogP contribution in [-0.2, 0) is 0 Å². The van der Waals surface area contributed by atoms with Gasteiger partial charge >= 0.3 is 0 Å². The summed E-state index contributed by atoms with van der Waals surface area (Å²) < 4.78 is 5.68. The van der Waals surface area contributed by atoms with E-state index in [-0.39, 0.29) is 11.6 Å². The van der Waals surface area contributed by atoms with Gasteiger partial charge in [-0.1, -0.05) is 18.2 Å². The number of para-hydroxylation sites is 1. The van der Waals surface area contributed by atoms with E-state index in [4.69, 9.17) is 10.5 Å². The van der Waals surface area contributed by atoms with Gasteiger partial charge in [0.2, 0.25) is 0 Å². The zero-order chi connectivity index (χ0) is 13.9. The van der Waals surface area contributed by atoms with Crippen molar-refractivity contribution in [3.63, 3.8) is 0 Å². The molecule has 1 aromatic carbocycles. The van der Waals surface area contributed by atoms with Crippen molar-refractivity contribution in [2.45, 2.75) is 45.2 Å². The first-order chi connectivity index (χ1) is 9.04. The lowest BCUT2D eigenvalue weighted by Gasteiger charge is -2.33. The van der Waals surface area contributed by atoms with Crippen LogP contribution in [0.25, 0.3) is 0 Å². The van der Waals surface area contributed by atoms with Crippen LogP contribution in [0.1, 0.15) is 45.2 Å². The van der Waals surface area contributed by atoms with Crippen molar-refractivity contribution in [2.75, 3.05) is 19.7 Å². The predicted octanol–water partition coefficient (Wildman–Crippen LogP) is 2.96. The van der Waals surface area contributed by atoms with Crippen LogP contribution in [0.15, 0.2) is 24.3 Å². The van der Waals surface area contributed by atoms with Gasteiger partial charge in [0.1, 0.15) is 5.75 Å². The molecule has 2 rings (SSSR count). The number of rotatable bonds is 5. The van der Waals surface area contributed by atoms with Crippen LogP contribution < -0.4 is 10.5 Å². The van der Waals surface area contributed by atoms with E-state index in [2.05, 4.69) is 24.8 Å². The van der Waals surface area contributed by atoms with Crippen LogP contribution in [0.5, 0.6) is 5.75 Å². The summed E-state index contributed by atoms with van der Waals surface area (Å²) in [7, 11) is 0. The Morgan fingerprint density at radius 3 is 2.74 bits per heavy atom. The number of likely N-dealkylation sites (tertiary alicyclic amines) is 1. The maximum Gasteiger partial charge on any atom is 0.124 e. The number of hydrogen-bond donors (Lipinski definition) is 1. The van der Waals surface area contributed by atoms with Crippen molar-refractivity contribution in [1.82, 2.24) is 4.90 Å². The molecule has 1 unspecified atom stereocenters. The number of nitrogens with two attached hydrogens (primary N) is 1. The number of nitrogens with zero attached hydrogens (tertiary/aromatic N) is 1. The summed E-state index contributed by atoms with van der Waals surface area (Å²) >= 11 is 0. The maximum absolute atomic E-state index is 6.41. The molecule has 0 amide bonds. The van der Waals surface area contributed by atoms with Crippen LogP contribution in [-0.4, -0.2) is 30.1 Å². The standard InChI is InChI=1S/C16H26N2O/c1-4-19-15-9-6-5-8-13(15)14(17)12-18-11-7-10-16(18,2)3/h5-6,8-9,14H,4,7,10-12,17H2,1-3H3. The zero-order valence-electron chi connectivity index (χ0n) is 12.4. The van der Waals surface area contributed by atoms with Gasteiger partial charge in [0.15, 0.2) is 0 Å². The smallest absolute Gasteiger partial charge is 0.124 e. The van der Waals surface area contributed by atoms with Crippen LogP contribution in [0.4, 0.5) is 0 Å². The van der Waals surface area contributed by atoms with Crippen molar-refractivity contribution in [3.05, 3.63) is 29.8 Å². The molecule has 3 heteroatoms. The van der Waals surface area contributed by atoms with Gasteiger partial charge in [-0.25, -0.2) is 0 Å². The van der Waals surface area contributed by atoms with Crippen molar-refractivity contribution in [2.24, 2.45) is 5.73 Å². The summed E-state index contributed by atoms with van der Waals surface area (Å²) in [6.07, 6.45) is 2.53. The lowest BCUT2D eigenvalue weighted by molar-refractivity contribution is 0.164. The quantitative estimate of drug-likeness (QED) is 0.886. The molecule has 0 radical (unpaired) electrons. The van der Waals surface area contributed by atoms with Crippen molar-refractivity contribution in [3.8, 4) is 5.75 Å². The Labute approximate surface area is 116 Å². The Kier molecular flexibility index (Phi) is 4.48. The second-order valence-corrected chi connectivity index (χ2v) is 5.94. The van der Waals surface area contributed by atoms with Crippen LogP contribution in [0.2, 0.25) is 0 Å². The van der Waals surface area contributed by atoms with Gasteiger partial charge in [0.25, 0.3) is 0 Å². The molecule has 1 aromatic rings. The van der Waals surface area contributed by atoms with E-state index in [9.17, 15) is 0 Å². The Morgan fingerprint density at radius 2 is 2.11 bits per heavy atom. The van der Waals surface area contributed by atoms with Gasteiger partial charge in [0, 0.05) is 23.7 Å². The Balaban J connectivity index is 2.09. The summed E-state index contributed by atoms with van der Waals surface area (Å²) in [6, 6.07) is 8.14. The Bertz CT molecular complexity index is 417. The van der Waals surface area contributed by atoms with E-state index < -0.39 is 0 Å². The monoisotopic (exact) mass is 262 g/mol. The highest BCUT2D eigenvalue weighted by Gasteiger charge is 2.33. The van der Waals surface area contributed by atoms with Gasteiger partial charge in [-0.15, -0.1) is 0 Å². The molecule has 0 aliphatic carbocycles. The van der Waals surface area contributed by atoms with Crippen molar-refractivity contribution in [1.29, 1.82) is 0 Å². The zero-order valence-corrected chi connectivity index (χ0v) is 12.4. The van der Waals surface area contributed by atoms with E-state index in [0.717, 1.165) is 24.4 Å². The Hall–Kier alpha value is -1.06. The molecule has 1 saturated heterocycles. The number of benzene rings is 1. The van der Waals surface area contributed by atoms with Gasteiger partial charge in [-0.3, -0.25) is 4.90 Å². The topological polar surface area (TPSA) is 38.5 Å². The maximum atomic E-state index is 6.41. The molecule has 1 heterocycles.